The molecule has 0 aliphatic rings. The molecule has 0 aromatic rings. The Kier molecular flexibility index (Phi) is 2470. The van der Waals surface area contributed by atoms with E-state index in [4.69, 9.17) is 0 Å². The van der Waals surface area contributed by atoms with Crippen molar-refractivity contribution >= 4 is 92.8 Å². The first-order chi connectivity index (χ1) is 8.00. The Hall–Kier alpha value is 2.94. The molecule has 0 radical (unpaired) electrons. The monoisotopic (exact) mass is 456 g/mol. The van der Waals surface area contributed by atoms with Gasteiger partial charge in [0.05, 0.1) is 0 Å². The third-order valence-electron chi connectivity index (χ3n) is 0. The molecule has 0 heterocycles. The second-order valence-corrected chi connectivity index (χ2v) is 0. The molecule has 0 nitrogen and oxygen atoms in total. The van der Waals surface area contributed by atoms with Crippen molar-refractivity contribution in [2.75, 3.05) is 0 Å². The van der Waals surface area contributed by atoms with Crippen LogP contribution in [0, 0.1) is 51.1 Å². The van der Waals surface area contributed by atoms with Crippen LogP contribution >= 0.6 is 92.8 Å². The van der Waals surface area contributed by atoms with Crippen LogP contribution in [0.15, 0.2) is 0 Å². The Labute approximate surface area is 162 Å². The van der Waals surface area contributed by atoms with E-state index in [2.05, 4.69) is 144 Å². The fraction of sp³-hybridized carbons (Fsp3) is 0. The minimum atomic E-state index is 0. The minimum Gasteiger partial charge on any atom is -0.352 e. The van der Waals surface area contributed by atoms with E-state index in [0.717, 1.165) is 0 Å². The van der Waals surface area contributed by atoms with Crippen LogP contribution < -0.4 is 0 Å². The molecule has 0 spiro atoms. The van der Waals surface area contributed by atoms with Gasteiger partial charge in [0, 0.05) is 19.5 Å². The van der Waals surface area contributed by atoms with E-state index in [0.29, 0.717) is 0 Å². The molecule has 0 atom stereocenters. The van der Waals surface area contributed by atoms with Crippen molar-refractivity contribution in [1.29, 1.82) is 0 Å². The maximum Gasteiger partial charge on any atom is 0 e. The standard InChI is InChI=1S/8CH2Cl.Zn/c8*1-2;/h8*1H2;/q8*-1;. The Balaban J connectivity index is -0.00000000610. The van der Waals surface area contributed by atoms with Crippen molar-refractivity contribution in [3.8, 4) is 0 Å². The van der Waals surface area contributed by atoms with Crippen LogP contribution in [0.4, 0.5) is 0 Å². The van der Waals surface area contributed by atoms with Crippen molar-refractivity contribution in [2.45, 2.75) is 0 Å². The van der Waals surface area contributed by atoms with E-state index in [1.165, 1.54) is 0 Å². The SMILES string of the molecule is [CH2-]Cl.[CH2-]Cl.[CH2-]Cl.[CH2-]Cl.[CH2-]Cl.[CH2-]Cl.[CH2-]Cl.[CH2-]Cl.[Zn]. The van der Waals surface area contributed by atoms with Crippen molar-refractivity contribution in [3.05, 3.63) is 51.1 Å². The van der Waals surface area contributed by atoms with Crippen LogP contribution in [0.2, 0.25) is 0 Å². The van der Waals surface area contributed by atoms with Gasteiger partial charge in [-0.25, -0.2) is 0 Å². The number of hydrogen-bond acceptors (Lipinski definition) is 0. The molecule has 0 aliphatic heterocycles. The summed E-state index contributed by atoms with van der Waals surface area (Å²) in [6, 6.07) is 0. The van der Waals surface area contributed by atoms with Gasteiger partial charge in [0.2, 0.25) is 0 Å². The van der Waals surface area contributed by atoms with Crippen LogP contribution in [0.3, 0.4) is 0 Å². The quantitative estimate of drug-likeness (QED) is 0.252. The molecule has 114 valence electrons. The summed E-state index contributed by atoms with van der Waals surface area (Å²) in [5.41, 5.74) is 0. The molecule has 0 aliphatic carbocycles. The molecule has 0 aromatic heterocycles. The molecule has 0 amide bonds. The molecular weight excluding hydrogens is 445 g/mol. The maximum atomic E-state index is 4.39. The van der Waals surface area contributed by atoms with Crippen LogP contribution in [-0.4, -0.2) is 0 Å². The number of rotatable bonds is 0. The Morgan fingerprint density at radius 3 is 0.235 bits per heavy atom. The zero-order chi connectivity index (χ0) is 16.0. The molecule has 9 heteroatoms. The van der Waals surface area contributed by atoms with E-state index >= 15 is 0 Å². The van der Waals surface area contributed by atoms with Crippen molar-refractivity contribution in [3.63, 3.8) is 0 Å². The molecule has 0 rings (SSSR count). The van der Waals surface area contributed by atoms with Crippen LogP contribution in [0.5, 0.6) is 0 Å². The zero-order valence-electron chi connectivity index (χ0n) is 9.39. The van der Waals surface area contributed by atoms with Gasteiger partial charge in [-0.05, 0) is 0 Å². The second-order valence-electron chi connectivity index (χ2n) is 0. The number of hydrogen-bond donors (Lipinski definition) is 0. The first kappa shape index (κ1) is 59.8. The smallest absolute Gasteiger partial charge is 0 e. The summed E-state index contributed by atoms with van der Waals surface area (Å²) >= 11 is 35.1. The Bertz CT molecular complexity index is 21.5. The van der Waals surface area contributed by atoms with Gasteiger partial charge in [-0.1, -0.05) is 0 Å². The molecule has 0 saturated heterocycles. The predicted molar refractivity (Wildman–Crippen MR) is 89.7 cm³/mol. The van der Waals surface area contributed by atoms with Crippen LogP contribution in [0.25, 0.3) is 0 Å². The van der Waals surface area contributed by atoms with Gasteiger partial charge < -0.3 is 92.8 Å². The molecular formula is C8H16Cl8Zn-8. The summed E-state index contributed by atoms with van der Waals surface area (Å²) in [4.78, 5) is 0. The van der Waals surface area contributed by atoms with Gasteiger partial charge in [-0.2, -0.15) is 0 Å². The normalized spacial score (nSPS) is 2.82. The fourth-order valence-corrected chi connectivity index (χ4v) is 0. The number of halogens is 8. The second kappa shape index (κ2) is 704. The summed E-state index contributed by atoms with van der Waals surface area (Å²) in [6.07, 6.45) is 21.8. The summed E-state index contributed by atoms with van der Waals surface area (Å²) in [5.74, 6) is 0. The summed E-state index contributed by atoms with van der Waals surface area (Å²) in [6.45, 7) is 0. The molecule has 17 heavy (non-hydrogen) atoms. The van der Waals surface area contributed by atoms with Gasteiger partial charge in [0.25, 0.3) is 0 Å². The molecule has 0 saturated carbocycles. The Morgan fingerprint density at radius 1 is 0.235 bits per heavy atom. The van der Waals surface area contributed by atoms with Gasteiger partial charge in [-0.15, -0.1) is 0 Å². The molecule has 0 bridgehead atoms. The summed E-state index contributed by atoms with van der Waals surface area (Å²) in [7, 11) is 0. The first-order valence-corrected chi connectivity index (χ1v) is 6.41. The van der Waals surface area contributed by atoms with Gasteiger partial charge in [-0.3, -0.25) is 51.1 Å². The topological polar surface area (TPSA) is 0 Å². The van der Waals surface area contributed by atoms with E-state index in [1.807, 2.05) is 0 Å². The third kappa shape index (κ3) is 628. The van der Waals surface area contributed by atoms with E-state index < -0.39 is 0 Å². The van der Waals surface area contributed by atoms with Crippen LogP contribution in [-0.2, 0) is 19.5 Å². The average molecular weight is 461 g/mol. The van der Waals surface area contributed by atoms with Crippen molar-refractivity contribution in [2.24, 2.45) is 0 Å². The maximum absolute atomic E-state index is 4.39. The predicted octanol–water partition coefficient (Wildman–Crippen LogP) is 8.13. The van der Waals surface area contributed by atoms with E-state index in [1.54, 1.807) is 0 Å². The minimum absolute atomic E-state index is 0. The molecule has 0 unspecified atom stereocenters. The van der Waals surface area contributed by atoms with Crippen LogP contribution in [0.1, 0.15) is 0 Å². The molecule has 0 N–H and O–H groups in total. The summed E-state index contributed by atoms with van der Waals surface area (Å²) in [5, 5.41) is 0. The average Bonchev–Trinajstić information content (AvgIpc) is 2.54. The molecule has 0 fully saturated rings. The van der Waals surface area contributed by atoms with Gasteiger partial charge >= 0.3 is 0 Å². The first-order valence-electron chi connectivity index (χ1n) is 2.14. The van der Waals surface area contributed by atoms with E-state index in [-0.39, 0.29) is 19.5 Å². The van der Waals surface area contributed by atoms with Gasteiger partial charge in [0.1, 0.15) is 0 Å². The largest absolute Gasteiger partial charge is 0.352 e. The van der Waals surface area contributed by atoms with E-state index in [9.17, 15) is 0 Å². The zero-order valence-corrected chi connectivity index (χ0v) is 18.4. The third-order valence-corrected chi connectivity index (χ3v) is 0. The molecule has 0 aromatic carbocycles. The fourth-order valence-electron chi connectivity index (χ4n) is 0. The Morgan fingerprint density at radius 2 is 0.235 bits per heavy atom. The summed E-state index contributed by atoms with van der Waals surface area (Å²) < 4.78 is 0. The van der Waals surface area contributed by atoms with Crippen molar-refractivity contribution < 1.29 is 19.5 Å². The van der Waals surface area contributed by atoms with Crippen molar-refractivity contribution in [1.82, 2.24) is 0 Å². The van der Waals surface area contributed by atoms with Gasteiger partial charge in [0.15, 0.2) is 0 Å².